The molecule has 1 N–H and O–H groups in total. The number of nitrogens with zero attached hydrogens (tertiary/aromatic N) is 1. The zero-order valence-electron chi connectivity index (χ0n) is 5.42. The van der Waals surface area contributed by atoms with Crippen molar-refractivity contribution in [1.29, 1.82) is 0 Å². The summed E-state index contributed by atoms with van der Waals surface area (Å²) in [6.07, 6.45) is 2.30. The predicted octanol–water partition coefficient (Wildman–Crippen LogP) is -0.0344. The van der Waals surface area contributed by atoms with Crippen LogP contribution in [0.2, 0.25) is 0 Å². The van der Waals surface area contributed by atoms with Crippen molar-refractivity contribution in [3.8, 4) is 0 Å². The Morgan fingerprint density at radius 1 is 2.00 bits per heavy atom. The van der Waals surface area contributed by atoms with Gasteiger partial charge in [-0.25, -0.2) is 0 Å². The summed E-state index contributed by atoms with van der Waals surface area (Å²) in [4.78, 5) is 14.4. The molecule has 9 heavy (non-hydrogen) atoms. The molecule has 1 aliphatic rings. The number of aliphatic imine (C=N–C) groups is 1. The summed E-state index contributed by atoms with van der Waals surface area (Å²) in [7, 11) is 0. The third kappa shape index (κ3) is 1.52. The van der Waals surface area contributed by atoms with Gasteiger partial charge >= 0.3 is 0 Å². The lowest BCUT2D eigenvalue weighted by Crippen LogP contribution is -2.40. The van der Waals surface area contributed by atoms with Crippen molar-refractivity contribution >= 4 is 12.1 Å². The smallest absolute Gasteiger partial charge is 0.262 e. The standard InChI is InChI=1S/C6H10N2O/c1-2-5-3-7-4-6(9)8-5/h4-5H,2-3H2,1H3,(H,8,9). The molecule has 3 nitrogen and oxygen atoms in total. The molecule has 0 aromatic carbocycles. The van der Waals surface area contributed by atoms with Gasteiger partial charge in [-0.2, -0.15) is 0 Å². The Kier molecular flexibility index (Phi) is 1.82. The first-order chi connectivity index (χ1) is 4.33. The van der Waals surface area contributed by atoms with Gasteiger partial charge in [-0.1, -0.05) is 6.92 Å². The molecular formula is C6H10N2O. The third-order valence-electron chi connectivity index (χ3n) is 1.37. The number of hydrogen-bond acceptors (Lipinski definition) is 2. The highest BCUT2D eigenvalue weighted by Gasteiger charge is 2.10. The number of amides is 1. The molecule has 0 aromatic rings. The Bertz CT molecular complexity index is 142. The summed E-state index contributed by atoms with van der Waals surface area (Å²) < 4.78 is 0. The van der Waals surface area contributed by atoms with Crippen LogP contribution in [0.5, 0.6) is 0 Å². The summed E-state index contributed by atoms with van der Waals surface area (Å²) in [6, 6.07) is 0.266. The quantitative estimate of drug-likeness (QED) is 0.526. The fourth-order valence-corrected chi connectivity index (χ4v) is 0.778. The second kappa shape index (κ2) is 2.62. The van der Waals surface area contributed by atoms with E-state index in [1.165, 1.54) is 6.21 Å². The molecule has 0 spiro atoms. The molecule has 1 unspecified atom stereocenters. The van der Waals surface area contributed by atoms with Gasteiger partial charge in [-0.15, -0.1) is 0 Å². The average Bonchev–Trinajstić information content (AvgIpc) is 1.88. The maximum absolute atomic E-state index is 10.6. The van der Waals surface area contributed by atoms with Crippen molar-refractivity contribution < 1.29 is 4.79 Å². The van der Waals surface area contributed by atoms with Crippen molar-refractivity contribution in [3.63, 3.8) is 0 Å². The highest BCUT2D eigenvalue weighted by Crippen LogP contribution is 1.93. The van der Waals surface area contributed by atoms with Crippen LogP contribution in [0.25, 0.3) is 0 Å². The van der Waals surface area contributed by atoms with Gasteiger partial charge in [0.25, 0.3) is 5.91 Å². The van der Waals surface area contributed by atoms with Gasteiger partial charge in [-0.3, -0.25) is 9.79 Å². The molecule has 1 aliphatic heterocycles. The summed E-state index contributed by atoms with van der Waals surface area (Å²) in [5.74, 6) is -0.0619. The fourth-order valence-electron chi connectivity index (χ4n) is 0.778. The number of hydrogen-bond donors (Lipinski definition) is 1. The monoisotopic (exact) mass is 126 g/mol. The normalized spacial score (nSPS) is 25.9. The Morgan fingerprint density at radius 3 is 3.22 bits per heavy atom. The molecule has 0 aromatic heterocycles. The minimum Gasteiger partial charge on any atom is -0.347 e. The zero-order chi connectivity index (χ0) is 6.69. The second-order valence-corrected chi connectivity index (χ2v) is 2.11. The minimum absolute atomic E-state index is 0.0619. The van der Waals surface area contributed by atoms with Crippen LogP contribution in [0, 0.1) is 0 Å². The molecule has 3 heteroatoms. The van der Waals surface area contributed by atoms with E-state index in [4.69, 9.17) is 0 Å². The highest BCUT2D eigenvalue weighted by molar-refractivity contribution is 6.26. The van der Waals surface area contributed by atoms with Crippen LogP contribution in [0.4, 0.5) is 0 Å². The topological polar surface area (TPSA) is 41.5 Å². The summed E-state index contributed by atoms with van der Waals surface area (Å²) in [6.45, 7) is 2.77. The molecule has 1 amide bonds. The van der Waals surface area contributed by atoms with E-state index in [-0.39, 0.29) is 11.9 Å². The largest absolute Gasteiger partial charge is 0.347 e. The van der Waals surface area contributed by atoms with Gasteiger partial charge in [0, 0.05) is 6.04 Å². The molecule has 0 saturated carbocycles. The summed E-state index contributed by atoms with van der Waals surface area (Å²) in [5, 5.41) is 2.78. The van der Waals surface area contributed by atoms with Crippen molar-refractivity contribution in [2.45, 2.75) is 19.4 Å². The van der Waals surface area contributed by atoms with Crippen LogP contribution in [0.15, 0.2) is 4.99 Å². The molecule has 1 rings (SSSR count). The van der Waals surface area contributed by atoms with E-state index in [9.17, 15) is 4.79 Å². The molecule has 0 aliphatic carbocycles. The second-order valence-electron chi connectivity index (χ2n) is 2.11. The maximum Gasteiger partial charge on any atom is 0.262 e. The number of carbonyl (C=O) groups is 1. The van der Waals surface area contributed by atoms with Crippen molar-refractivity contribution in [3.05, 3.63) is 0 Å². The first-order valence-corrected chi connectivity index (χ1v) is 3.13. The van der Waals surface area contributed by atoms with Crippen molar-refractivity contribution in [1.82, 2.24) is 5.32 Å². The molecule has 1 atom stereocenters. The van der Waals surface area contributed by atoms with Crippen LogP contribution in [0.3, 0.4) is 0 Å². The van der Waals surface area contributed by atoms with Gasteiger partial charge < -0.3 is 5.32 Å². The highest BCUT2D eigenvalue weighted by atomic mass is 16.1. The Balaban J connectivity index is 2.47. The average molecular weight is 126 g/mol. The first kappa shape index (κ1) is 6.26. The van der Waals surface area contributed by atoms with Crippen LogP contribution >= 0.6 is 0 Å². The lowest BCUT2D eigenvalue weighted by atomic mass is 10.2. The molecule has 0 saturated heterocycles. The molecule has 0 radical (unpaired) electrons. The number of nitrogens with one attached hydrogen (secondary N) is 1. The van der Waals surface area contributed by atoms with Gasteiger partial charge in [0.05, 0.1) is 12.8 Å². The number of rotatable bonds is 1. The van der Waals surface area contributed by atoms with E-state index < -0.39 is 0 Å². The molecule has 0 fully saturated rings. The van der Waals surface area contributed by atoms with E-state index in [1.54, 1.807) is 0 Å². The van der Waals surface area contributed by atoms with Gasteiger partial charge in [0.15, 0.2) is 0 Å². The van der Waals surface area contributed by atoms with Crippen molar-refractivity contribution in [2.24, 2.45) is 4.99 Å². The van der Waals surface area contributed by atoms with E-state index in [0.717, 1.165) is 13.0 Å². The van der Waals surface area contributed by atoms with Crippen LogP contribution in [-0.2, 0) is 4.79 Å². The summed E-state index contributed by atoms with van der Waals surface area (Å²) in [5.41, 5.74) is 0. The van der Waals surface area contributed by atoms with Crippen LogP contribution < -0.4 is 5.32 Å². The maximum atomic E-state index is 10.6. The third-order valence-corrected chi connectivity index (χ3v) is 1.37. The summed E-state index contributed by atoms with van der Waals surface area (Å²) >= 11 is 0. The van der Waals surface area contributed by atoms with E-state index in [2.05, 4.69) is 10.3 Å². The lowest BCUT2D eigenvalue weighted by Gasteiger charge is -2.15. The molecule has 1 heterocycles. The zero-order valence-corrected chi connectivity index (χ0v) is 5.42. The molecule has 0 bridgehead atoms. The van der Waals surface area contributed by atoms with E-state index in [1.807, 2.05) is 6.92 Å². The van der Waals surface area contributed by atoms with Gasteiger partial charge in [0.1, 0.15) is 0 Å². The van der Waals surface area contributed by atoms with E-state index >= 15 is 0 Å². The van der Waals surface area contributed by atoms with Gasteiger partial charge in [-0.05, 0) is 6.42 Å². The molecular weight excluding hydrogens is 116 g/mol. The van der Waals surface area contributed by atoms with Crippen LogP contribution in [0.1, 0.15) is 13.3 Å². The predicted molar refractivity (Wildman–Crippen MR) is 35.6 cm³/mol. The lowest BCUT2D eigenvalue weighted by molar-refractivity contribution is -0.115. The molecule has 50 valence electrons. The Morgan fingerprint density at radius 2 is 2.78 bits per heavy atom. The fraction of sp³-hybridized carbons (Fsp3) is 0.667. The Labute approximate surface area is 54.2 Å². The minimum atomic E-state index is -0.0619. The van der Waals surface area contributed by atoms with Crippen LogP contribution in [-0.4, -0.2) is 24.7 Å². The first-order valence-electron chi connectivity index (χ1n) is 3.13. The SMILES string of the molecule is CCC1CN=CC(=O)N1. The Hall–Kier alpha value is -0.860. The van der Waals surface area contributed by atoms with Crippen molar-refractivity contribution in [2.75, 3.05) is 6.54 Å². The number of carbonyl (C=O) groups excluding carboxylic acids is 1. The van der Waals surface area contributed by atoms with E-state index in [0.29, 0.717) is 0 Å². The van der Waals surface area contributed by atoms with Gasteiger partial charge in [0.2, 0.25) is 0 Å².